The van der Waals surface area contributed by atoms with Crippen molar-refractivity contribution in [3.8, 4) is 17.3 Å². The topological polar surface area (TPSA) is 117 Å². The van der Waals surface area contributed by atoms with E-state index < -0.39 is 18.2 Å². The molecule has 1 fully saturated rings. The molecule has 2 aliphatic rings. The van der Waals surface area contributed by atoms with Crippen molar-refractivity contribution in [3.05, 3.63) is 59.3 Å². The summed E-state index contributed by atoms with van der Waals surface area (Å²) in [5.74, 6) is 1.13. The Morgan fingerprint density at radius 2 is 1.93 bits per heavy atom. The summed E-state index contributed by atoms with van der Waals surface area (Å²) in [6.45, 7) is 14.7. The molecule has 228 valence electrons. The van der Waals surface area contributed by atoms with Gasteiger partial charge in [-0.25, -0.2) is 18.4 Å². The van der Waals surface area contributed by atoms with Crippen LogP contribution in [0, 0.1) is 17.2 Å². The van der Waals surface area contributed by atoms with Gasteiger partial charge < -0.3 is 15.1 Å². The fraction of sp³-hybridized carbons (Fsp3) is 0.485. The molecule has 1 aliphatic heterocycles. The van der Waals surface area contributed by atoms with Gasteiger partial charge in [0.05, 0.1) is 21.8 Å². The number of hydrogen-bond acceptors (Lipinski definition) is 8. The van der Waals surface area contributed by atoms with Gasteiger partial charge in [0.15, 0.2) is 18.2 Å². The Balaban J connectivity index is 1.45. The fourth-order valence-electron chi connectivity index (χ4n) is 5.20. The van der Waals surface area contributed by atoms with Crippen LogP contribution in [0.1, 0.15) is 63.6 Å². The highest BCUT2D eigenvalue weighted by atomic mass is 32.2. The third-order valence-corrected chi connectivity index (χ3v) is 14.9. The number of sulfone groups is 1. The standard InChI is InChI=1S/C33H43N5O3SSi/c1-32(2,3)43(6,7)41-21-33(4)20-36-30-25(19-34)16-24(18-27(30)33)29-14-15-35-31(38-29)37-28-13-12-26(42(5,39)40)17-23(28)11-10-22-8-9-22/h12-18,22,36H,8-11,20-21H2,1-7H3,(H,35,37,38)/t33-/m1/s1. The predicted molar refractivity (Wildman–Crippen MR) is 175 cm³/mol. The highest BCUT2D eigenvalue weighted by molar-refractivity contribution is 7.90. The van der Waals surface area contributed by atoms with Gasteiger partial charge in [-0.05, 0) is 84.4 Å². The Labute approximate surface area is 257 Å². The van der Waals surface area contributed by atoms with Gasteiger partial charge in [-0.3, -0.25) is 0 Å². The van der Waals surface area contributed by atoms with Gasteiger partial charge in [0.25, 0.3) is 0 Å². The molecule has 0 saturated heterocycles. The third kappa shape index (κ3) is 6.79. The third-order valence-electron chi connectivity index (χ3n) is 9.34. The Bertz CT molecular complexity index is 1690. The van der Waals surface area contributed by atoms with Crippen LogP contribution in [-0.4, -0.2) is 46.1 Å². The van der Waals surface area contributed by atoms with Crippen molar-refractivity contribution in [2.75, 3.05) is 30.0 Å². The van der Waals surface area contributed by atoms with E-state index in [1.165, 1.54) is 19.1 Å². The molecule has 10 heteroatoms. The van der Waals surface area contributed by atoms with Gasteiger partial charge >= 0.3 is 0 Å². The normalized spacial score (nSPS) is 18.6. The van der Waals surface area contributed by atoms with Crippen LogP contribution in [0.25, 0.3) is 11.3 Å². The molecule has 2 aromatic carbocycles. The quantitative estimate of drug-likeness (QED) is 0.229. The summed E-state index contributed by atoms with van der Waals surface area (Å²) < 4.78 is 31.1. The molecular weight excluding hydrogens is 575 g/mol. The predicted octanol–water partition coefficient (Wildman–Crippen LogP) is 7.21. The van der Waals surface area contributed by atoms with Crippen LogP contribution in [-0.2, 0) is 26.1 Å². The number of hydrogen-bond donors (Lipinski definition) is 2. The SMILES string of the molecule is CC(C)(C)[Si](C)(C)OC[C@@]1(C)CNc2c(C#N)cc(-c3ccnc(Nc4ccc(S(C)(=O)=O)cc4CCC4CC4)n3)cc21. The number of benzene rings is 2. The van der Waals surface area contributed by atoms with E-state index in [2.05, 4.69) is 68.5 Å². The Kier molecular flexibility index (Phi) is 8.22. The molecule has 0 bridgehead atoms. The van der Waals surface area contributed by atoms with Crippen molar-refractivity contribution in [2.45, 2.75) is 81.8 Å². The first-order valence-corrected chi connectivity index (χ1v) is 19.8. The van der Waals surface area contributed by atoms with Crippen molar-refractivity contribution in [1.29, 1.82) is 5.26 Å². The summed E-state index contributed by atoms with van der Waals surface area (Å²) in [6.07, 6.45) is 7.23. The van der Waals surface area contributed by atoms with Gasteiger partial charge in [-0.15, -0.1) is 0 Å². The van der Waals surface area contributed by atoms with Crippen LogP contribution in [0.3, 0.4) is 0 Å². The molecular formula is C33H43N5O3SSi. The molecule has 1 atom stereocenters. The van der Waals surface area contributed by atoms with Gasteiger partial charge in [-0.1, -0.05) is 40.5 Å². The number of fused-ring (bicyclic) bond motifs is 1. The summed E-state index contributed by atoms with van der Waals surface area (Å²) in [5.41, 5.74) is 5.49. The second-order valence-corrected chi connectivity index (χ2v) is 20.8. The number of nitriles is 1. The number of nitrogens with zero attached hydrogens (tertiary/aromatic N) is 3. The van der Waals surface area contributed by atoms with Crippen LogP contribution in [0.4, 0.5) is 17.3 Å². The molecule has 1 aliphatic carbocycles. The first-order chi connectivity index (χ1) is 20.1. The maximum atomic E-state index is 12.2. The highest BCUT2D eigenvalue weighted by Crippen LogP contribution is 2.44. The number of aromatic nitrogens is 2. The van der Waals surface area contributed by atoms with E-state index in [1.807, 2.05) is 12.1 Å². The Morgan fingerprint density at radius 3 is 2.58 bits per heavy atom. The van der Waals surface area contributed by atoms with Crippen molar-refractivity contribution in [3.63, 3.8) is 0 Å². The van der Waals surface area contributed by atoms with E-state index in [0.717, 1.165) is 46.8 Å². The van der Waals surface area contributed by atoms with Gasteiger partial charge in [0, 0.05) is 42.3 Å². The smallest absolute Gasteiger partial charge is 0.227 e. The second kappa shape index (κ2) is 11.3. The lowest BCUT2D eigenvalue weighted by atomic mass is 9.83. The monoisotopic (exact) mass is 617 g/mol. The number of aryl methyl sites for hydroxylation is 1. The minimum atomic E-state index is -3.32. The van der Waals surface area contributed by atoms with E-state index in [1.54, 1.807) is 24.4 Å². The molecule has 0 amide bonds. The molecule has 1 saturated carbocycles. The molecule has 2 heterocycles. The summed E-state index contributed by atoms with van der Waals surface area (Å²) in [7, 11) is -5.29. The van der Waals surface area contributed by atoms with Crippen molar-refractivity contribution in [2.24, 2.45) is 5.92 Å². The average molecular weight is 618 g/mol. The molecule has 3 aromatic rings. The summed E-state index contributed by atoms with van der Waals surface area (Å²) >= 11 is 0. The first kappa shape index (κ1) is 31.2. The average Bonchev–Trinajstić information content (AvgIpc) is 3.72. The minimum Gasteiger partial charge on any atom is -0.416 e. The van der Waals surface area contributed by atoms with E-state index in [0.29, 0.717) is 35.3 Å². The van der Waals surface area contributed by atoms with Gasteiger partial charge in [0.1, 0.15) is 6.07 Å². The zero-order valence-corrected chi connectivity index (χ0v) is 28.2. The van der Waals surface area contributed by atoms with E-state index >= 15 is 0 Å². The molecule has 5 rings (SSSR count). The molecule has 1 aromatic heterocycles. The minimum absolute atomic E-state index is 0.102. The highest BCUT2D eigenvalue weighted by Gasteiger charge is 2.42. The molecule has 0 radical (unpaired) electrons. The first-order valence-electron chi connectivity index (χ1n) is 15.0. The van der Waals surface area contributed by atoms with Crippen LogP contribution >= 0.6 is 0 Å². The lowest BCUT2D eigenvalue weighted by Crippen LogP contribution is -2.45. The van der Waals surface area contributed by atoms with Crippen LogP contribution < -0.4 is 10.6 Å². The number of anilines is 3. The zero-order chi connectivity index (χ0) is 31.2. The fourth-order valence-corrected chi connectivity index (χ4v) is 6.99. The summed E-state index contributed by atoms with van der Waals surface area (Å²) in [5, 5.41) is 17.0. The lowest BCUT2D eigenvalue weighted by molar-refractivity contribution is 0.220. The van der Waals surface area contributed by atoms with E-state index in [4.69, 9.17) is 9.41 Å². The molecule has 0 unspecified atom stereocenters. The van der Waals surface area contributed by atoms with E-state index in [-0.39, 0.29) is 10.5 Å². The number of nitrogens with one attached hydrogen (secondary N) is 2. The van der Waals surface area contributed by atoms with Gasteiger partial charge in [0.2, 0.25) is 5.95 Å². The second-order valence-electron chi connectivity index (χ2n) is 14.0. The van der Waals surface area contributed by atoms with Crippen LogP contribution in [0.5, 0.6) is 0 Å². The van der Waals surface area contributed by atoms with Gasteiger partial charge in [-0.2, -0.15) is 5.26 Å². The summed E-state index contributed by atoms with van der Waals surface area (Å²) in [6, 6.07) is 13.4. The molecule has 8 nitrogen and oxygen atoms in total. The van der Waals surface area contributed by atoms with E-state index in [9.17, 15) is 13.7 Å². The lowest BCUT2D eigenvalue weighted by Gasteiger charge is -2.39. The molecule has 2 N–H and O–H groups in total. The molecule has 0 spiro atoms. The van der Waals surface area contributed by atoms with Crippen molar-refractivity contribution >= 4 is 35.5 Å². The number of rotatable bonds is 10. The van der Waals surface area contributed by atoms with Crippen LogP contribution in [0.15, 0.2) is 47.5 Å². The van der Waals surface area contributed by atoms with Crippen molar-refractivity contribution < 1.29 is 12.8 Å². The maximum Gasteiger partial charge on any atom is 0.227 e. The zero-order valence-electron chi connectivity index (χ0n) is 26.3. The molecule has 43 heavy (non-hydrogen) atoms. The van der Waals surface area contributed by atoms with Crippen molar-refractivity contribution in [1.82, 2.24) is 9.97 Å². The summed E-state index contributed by atoms with van der Waals surface area (Å²) in [4.78, 5) is 9.61. The Morgan fingerprint density at radius 1 is 1.19 bits per heavy atom. The van der Waals surface area contributed by atoms with Crippen LogP contribution in [0.2, 0.25) is 18.1 Å². The largest absolute Gasteiger partial charge is 0.416 e. The Hall–Kier alpha value is -3.26. The maximum absolute atomic E-state index is 12.2.